The van der Waals surface area contributed by atoms with Crippen LogP contribution in [0.15, 0.2) is 23.3 Å². The van der Waals surface area contributed by atoms with Gasteiger partial charge in [0.25, 0.3) is 11.8 Å². The normalized spacial score (nSPS) is 13.2. The van der Waals surface area contributed by atoms with Gasteiger partial charge in [-0.3, -0.25) is 25.2 Å². The molecule has 0 fully saturated rings. The number of rotatable bonds is 5. The first kappa shape index (κ1) is 19.2. The van der Waals surface area contributed by atoms with Crippen LogP contribution >= 0.6 is 11.6 Å². The third kappa shape index (κ3) is 5.18. The number of nitrogens with one attached hydrogen (secondary N) is 3. The molecule has 10 nitrogen and oxygen atoms in total. The Hall–Kier alpha value is -3.14. The summed E-state index contributed by atoms with van der Waals surface area (Å²) in [5, 5.41) is 3.86. The van der Waals surface area contributed by atoms with Crippen LogP contribution < -0.4 is 21.0 Å². The average Bonchev–Trinajstić information content (AvgIpc) is 2.64. The van der Waals surface area contributed by atoms with Crippen molar-refractivity contribution < 1.29 is 28.7 Å². The van der Waals surface area contributed by atoms with Gasteiger partial charge in [-0.1, -0.05) is 11.6 Å². The van der Waals surface area contributed by atoms with Crippen molar-refractivity contribution >= 4 is 41.0 Å². The zero-order chi connectivity index (χ0) is 19.1. The second-order valence-electron chi connectivity index (χ2n) is 5.02. The fourth-order valence-electron chi connectivity index (χ4n) is 1.92. The van der Waals surface area contributed by atoms with Gasteiger partial charge in [0.05, 0.1) is 12.7 Å². The highest BCUT2D eigenvalue weighted by atomic mass is 35.5. The van der Waals surface area contributed by atoms with Crippen molar-refractivity contribution in [3.8, 4) is 5.75 Å². The van der Waals surface area contributed by atoms with Crippen molar-refractivity contribution in [2.75, 3.05) is 13.7 Å². The molecular formula is C15H15ClN4O6. The lowest BCUT2D eigenvalue weighted by Crippen LogP contribution is -2.44. The Morgan fingerprint density at radius 2 is 2.04 bits per heavy atom. The second kappa shape index (κ2) is 8.81. The topological polar surface area (TPSA) is 135 Å². The molecule has 1 heterocycles. The van der Waals surface area contributed by atoms with Gasteiger partial charge in [-0.2, -0.15) is 5.10 Å². The van der Waals surface area contributed by atoms with E-state index in [0.717, 1.165) is 0 Å². The lowest BCUT2D eigenvalue weighted by Gasteiger charge is -2.12. The molecular weight excluding hydrogens is 368 g/mol. The number of nitrogens with zero attached hydrogens (tertiary/aromatic N) is 1. The number of hydrazine groups is 1. The molecule has 26 heavy (non-hydrogen) atoms. The number of amides is 3. The summed E-state index contributed by atoms with van der Waals surface area (Å²) in [5.74, 6) is -2.30. The van der Waals surface area contributed by atoms with E-state index in [-0.39, 0.29) is 35.8 Å². The zero-order valence-corrected chi connectivity index (χ0v) is 14.4. The maximum absolute atomic E-state index is 12.1. The summed E-state index contributed by atoms with van der Waals surface area (Å²) < 4.78 is 9.79. The van der Waals surface area contributed by atoms with Gasteiger partial charge in [-0.25, -0.2) is 10.2 Å². The van der Waals surface area contributed by atoms with E-state index in [1.807, 2.05) is 0 Å². The molecule has 0 radical (unpaired) electrons. The zero-order valence-electron chi connectivity index (χ0n) is 13.6. The lowest BCUT2D eigenvalue weighted by atomic mass is 10.2. The molecule has 0 spiro atoms. The van der Waals surface area contributed by atoms with Gasteiger partial charge in [0.1, 0.15) is 11.5 Å². The summed E-state index contributed by atoms with van der Waals surface area (Å²) in [6.45, 7) is -0.640. The van der Waals surface area contributed by atoms with E-state index in [0.29, 0.717) is 5.02 Å². The SMILES string of the molecule is COc1ccc(Cl)cc1C(=O)NNC(=O)COC(=O)C1=NNC(=O)CC1. The van der Waals surface area contributed by atoms with Crippen molar-refractivity contribution in [3.05, 3.63) is 28.8 Å². The van der Waals surface area contributed by atoms with Crippen molar-refractivity contribution in [1.82, 2.24) is 16.3 Å². The minimum absolute atomic E-state index is 0.00472. The molecule has 0 aliphatic carbocycles. The monoisotopic (exact) mass is 382 g/mol. The lowest BCUT2D eigenvalue weighted by molar-refractivity contribution is -0.142. The number of hydrogen-bond donors (Lipinski definition) is 3. The molecule has 0 atom stereocenters. The van der Waals surface area contributed by atoms with E-state index >= 15 is 0 Å². The predicted molar refractivity (Wildman–Crippen MR) is 89.4 cm³/mol. The van der Waals surface area contributed by atoms with E-state index in [9.17, 15) is 19.2 Å². The third-order valence-electron chi connectivity index (χ3n) is 3.20. The van der Waals surface area contributed by atoms with E-state index in [1.165, 1.54) is 19.2 Å². The predicted octanol–water partition coefficient (Wildman–Crippen LogP) is -0.0812. The first-order chi connectivity index (χ1) is 12.4. The van der Waals surface area contributed by atoms with Gasteiger partial charge in [-0.15, -0.1) is 0 Å². The number of benzene rings is 1. The molecule has 3 amide bonds. The fraction of sp³-hybridized carbons (Fsp3) is 0.267. The van der Waals surface area contributed by atoms with Crippen LogP contribution in [0.25, 0.3) is 0 Å². The van der Waals surface area contributed by atoms with Crippen LogP contribution in [0.4, 0.5) is 0 Å². The van der Waals surface area contributed by atoms with Gasteiger partial charge in [0.2, 0.25) is 5.91 Å². The first-order valence-electron chi connectivity index (χ1n) is 7.36. The summed E-state index contributed by atoms with van der Waals surface area (Å²) in [7, 11) is 1.38. The number of methoxy groups -OCH3 is 1. The first-order valence-corrected chi connectivity index (χ1v) is 7.73. The van der Waals surface area contributed by atoms with E-state index in [2.05, 4.69) is 21.4 Å². The Kier molecular flexibility index (Phi) is 6.50. The summed E-state index contributed by atoms with van der Waals surface area (Å²) in [6, 6.07) is 4.42. The number of hydrogen-bond acceptors (Lipinski definition) is 7. The molecule has 3 N–H and O–H groups in total. The largest absolute Gasteiger partial charge is 0.496 e. The average molecular weight is 383 g/mol. The summed E-state index contributed by atoms with van der Waals surface area (Å²) in [4.78, 5) is 46.4. The number of halogens is 1. The summed E-state index contributed by atoms with van der Waals surface area (Å²) >= 11 is 5.83. The Morgan fingerprint density at radius 1 is 1.27 bits per heavy atom. The minimum atomic E-state index is -0.831. The number of hydrazone groups is 1. The molecule has 0 bridgehead atoms. The van der Waals surface area contributed by atoms with Gasteiger partial charge >= 0.3 is 5.97 Å². The number of carbonyl (C=O) groups excluding carboxylic acids is 4. The molecule has 0 saturated carbocycles. The van der Waals surface area contributed by atoms with Crippen LogP contribution in [0.5, 0.6) is 5.75 Å². The van der Waals surface area contributed by atoms with Crippen molar-refractivity contribution in [2.45, 2.75) is 12.8 Å². The smallest absolute Gasteiger partial charge is 0.355 e. The van der Waals surface area contributed by atoms with Crippen LogP contribution in [-0.2, 0) is 19.1 Å². The van der Waals surface area contributed by atoms with Gasteiger partial charge < -0.3 is 9.47 Å². The highest BCUT2D eigenvalue weighted by molar-refractivity contribution is 6.37. The Bertz CT molecular complexity index is 779. The van der Waals surface area contributed by atoms with Gasteiger partial charge in [-0.05, 0) is 18.2 Å². The molecule has 0 aromatic heterocycles. The quantitative estimate of drug-likeness (QED) is 0.481. The highest BCUT2D eigenvalue weighted by Crippen LogP contribution is 2.22. The van der Waals surface area contributed by atoms with Crippen LogP contribution in [-0.4, -0.2) is 43.1 Å². The molecule has 2 rings (SSSR count). The Labute approximate surface area is 152 Å². The molecule has 1 aromatic carbocycles. The Balaban J connectivity index is 1.81. The van der Waals surface area contributed by atoms with E-state index < -0.39 is 24.4 Å². The Morgan fingerprint density at radius 3 is 2.69 bits per heavy atom. The number of carbonyl (C=O) groups is 4. The molecule has 138 valence electrons. The van der Waals surface area contributed by atoms with Crippen LogP contribution in [0.1, 0.15) is 23.2 Å². The van der Waals surface area contributed by atoms with Crippen LogP contribution in [0.2, 0.25) is 5.02 Å². The molecule has 1 aromatic rings. The maximum Gasteiger partial charge on any atom is 0.355 e. The van der Waals surface area contributed by atoms with Crippen LogP contribution in [0.3, 0.4) is 0 Å². The van der Waals surface area contributed by atoms with Crippen molar-refractivity contribution in [3.63, 3.8) is 0 Å². The van der Waals surface area contributed by atoms with E-state index in [4.69, 9.17) is 21.1 Å². The van der Waals surface area contributed by atoms with Crippen molar-refractivity contribution in [1.29, 1.82) is 0 Å². The van der Waals surface area contributed by atoms with Gasteiger partial charge in [0.15, 0.2) is 6.61 Å². The molecule has 11 heteroatoms. The molecule has 0 saturated heterocycles. The van der Waals surface area contributed by atoms with E-state index in [1.54, 1.807) is 6.07 Å². The van der Waals surface area contributed by atoms with Gasteiger partial charge in [0, 0.05) is 17.9 Å². The van der Waals surface area contributed by atoms with Crippen molar-refractivity contribution in [2.24, 2.45) is 5.10 Å². The molecule has 1 aliphatic heterocycles. The fourth-order valence-corrected chi connectivity index (χ4v) is 2.10. The maximum atomic E-state index is 12.1. The van der Waals surface area contributed by atoms with Crippen LogP contribution in [0, 0.1) is 0 Å². The third-order valence-corrected chi connectivity index (χ3v) is 3.43. The number of ether oxygens (including phenoxy) is 2. The molecule has 0 unspecified atom stereocenters. The summed E-state index contributed by atoms with van der Waals surface area (Å²) in [6.07, 6.45) is 0.231. The second-order valence-corrected chi connectivity index (χ2v) is 5.45. The summed E-state index contributed by atoms with van der Waals surface area (Å²) in [5.41, 5.74) is 6.51. The molecule has 1 aliphatic rings. The standard InChI is InChI=1S/C15H15ClN4O6/c1-25-11-4-2-8(16)6-9(11)14(23)20-19-13(22)7-26-15(24)10-3-5-12(21)18-17-10/h2,4,6H,3,5,7H2,1H3,(H,18,21)(H,19,22)(H,20,23). The number of esters is 1. The highest BCUT2D eigenvalue weighted by Gasteiger charge is 2.20. The minimum Gasteiger partial charge on any atom is -0.496 e.